The fourth-order valence-electron chi connectivity index (χ4n) is 3.04. The highest BCUT2D eigenvalue weighted by atomic mass is 32.2. The van der Waals surface area contributed by atoms with Crippen LogP contribution in [0, 0.1) is 0 Å². The van der Waals surface area contributed by atoms with Gasteiger partial charge in [-0.3, -0.25) is 9.59 Å². The molecule has 0 aliphatic carbocycles. The van der Waals surface area contributed by atoms with E-state index in [2.05, 4.69) is 17.4 Å². The summed E-state index contributed by atoms with van der Waals surface area (Å²) in [5.41, 5.74) is 2.21. The van der Waals surface area contributed by atoms with Crippen molar-refractivity contribution in [2.24, 2.45) is 0 Å². The number of hydrogen-bond acceptors (Lipinski definition) is 4. The summed E-state index contributed by atoms with van der Waals surface area (Å²) < 4.78 is 5.22. The zero-order valence-corrected chi connectivity index (χ0v) is 19.8. The van der Waals surface area contributed by atoms with Crippen molar-refractivity contribution in [2.45, 2.75) is 58.0 Å². The maximum Gasteiger partial charge on any atom is 0.242 e. The molecule has 6 heteroatoms. The SMILES string of the molecule is CC[C@H](C)NC(=O)[C@H](C)N(Cc1ccc(OC)cc1)C(=O)CCSCc1ccccc1. The molecular formula is C25H34N2O3S. The van der Waals surface area contributed by atoms with Gasteiger partial charge in [-0.15, -0.1) is 0 Å². The number of nitrogens with one attached hydrogen (secondary N) is 1. The number of benzene rings is 2. The highest BCUT2D eigenvalue weighted by Gasteiger charge is 2.26. The van der Waals surface area contributed by atoms with Gasteiger partial charge in [0, 0.05) is 30.5 Å². The summed E-state index contributed by atoms with van der Waals surface area (Å²) in [6.07, 6.45) is 1.25. The van der Waals surface area contributed by atoms with Gasteiger partial charge < -0.3 is 15.0 Å². The van der Waals surface area contributed by atoms with Crippen molar-refractivity contribution in [2.75, 3.05) is 12.9 Å². The molecule has 0 saturated carbocycles. The van der Waals surface area contributed by atoms with E-state index in [1.54, 1.807) is 30.7 Å². The first-order valence-electron chi connectivity index (χ1n) is 10.8. The van der Waals surface area contributed by atoms with Gasteiger partial charge >= 0.3 is 0 Å². The van der Waals surface area contributed by atoms with Crippen molar-refractivity contribution in [1.82, 2.24) is 10.2 Å². The molecule has 0 unspecified atom stereocenters. The topological polar surface area (TPSA) is 58.6 Å². The first kappa shape index (κ1) is 24.8. The standard InChI is InChI=1S/C25H34N2O3S/c1-5-19(2)26-25(29)20(3)27(17-21-11-13-23(30-4)14-12-21)24(28)15-16-31-18-22-9-7-6-8-10-22/h6-14,19-20H,5,15-18H2,1-4H3,(H,26,29)/t19-,20-/m0/s1. The van der Waals surface area contributed by atoms with E-state index in [0.717, 1.165) is 23.5 Å². The molecule has 2 aromatic carbocycles. The smallest absolute Gasteiger partial charge is 0.242 e. The third-order valence-corrected chi connectivity index (χ3v) is 6.28. The Bertz CT molecular complexity index is 811. The Labute approximate surface area is 190 Å². The Morgan fingerprint density at radius 2 is 1.71 bits per heavy atom. The lowest BCUT2D eigenvalue weighted by molar-refractivity contribution is -0.140. The fraction of sp³-hybridized carbons (Fsp3) is 0.440. The van der Waals surface area contributed by atoms with Gasteiger partial charge in [-0.05, 0) is 43.5 Å². The number of thioether (sulfide) groups is 1. The van der Waals surface area contributed by atoms with Crippen LogP contribution in [0.3, 0.4) is 0 Å². The molecule has 168 valence electrons. The molecule has 2 aromatic rings. The zero-order valence-electron chi connectivity index (χ0n) is 19.0. The predicted octanol–water partition coefficient (Wildman–Crippen LogP) is 4.65. The number of amides is 2. The first-order valence-corrected chi connectivity index (χ1v) is 11.9. The summed E-state index contributed by atoms with van der Waals surface area (Å²) in [6.45, 7) is 6.19. The van der Waals surface area contributed by atoms with Gasteiger partial charge in [-0.1, -0.05) is 49.4 Å². The van der Waals surface area contributed by atoms with Crippen LogP contribution in [0.25, 0.3) is 0 Å². The van der Waals surface area contributed by atoms with Crippen molar-refractivity contribution in [3.63, 3.8) is 0 Å². The maximum atomic E-state index is 13.1. The van der Waals surface area contributed by atoms with E-state index in [0.29, 0.717) is 18.7 Å². The Balaban J connectivity index is 2.01. The average molecular weight is 443 g/mol. The number of methoxy groups -OCH3 is 1. The van der Waals surface area contributed by atoms with E-state index in [1.165, 1.54) is 5.56 Å². The third kappa shape index (κ3) is 8.29. The Hall–Kier alpha value is -2.47. The van der Waals surface area contributed by atoms with Crippen LogP contribution in [0.15, 0.2) is 54.6 Å². The summed E-state index contributed by atoms with van der Waals surface area (Å²) in [4.78, 5) is 27.5. The molecule has 1 N–H and O–H groups in total. The molecule has 0 aromatic heterocycles. The van der Waals surface area contributed by atoms with Crippen LogP contribution in [-0.2, 0) is 21.9 Å². The van der Waals surface area contributed by atoms with Gasteiger partial charge in [0.15, 0.2) is 0 Å². The van der Waals surface area contributed by atoms with E-state index in [9.17, 15) is 9.59 Å². The number of nitrogens with zero attached hydrogens (tertiary/aromatic N) is 1. The lowest BCUT2D eigenvalue weighted by atomic mass is 10.1. The summed E-state index contributed by atoms with van der Waals surface area (Å²) in [6, 6.07) is 17.4. The van der Waals surface area contributed by atoms with Gasteiger partial charge in [0.2, 0.25) is 11.8 Å². The van der Waals surface area contributed by atoms with Crippen LogP contribution < -0.4 is 10.1 Å². The summed E-state index contributed by atoms with van der Waals surface area (Å²) >= 11 is 1.73. The summed E-state index contributed by atoms with van der Waals surface area (Å²) in [7, 11) is 1.62. The molecule has 0 radical (unpaired) electrons. The average Bonchev–Trinajstić information content (AvgIpc) is 2.80. The van der Waals surface area contributed by atoms with Crippen molar-refractivity contribution in [1.29, 1.82) is 0 Å². The zero-order chi connectivity index (χ0) is 22.6. The number of ether oxygens (including phenoxy) is 1. The normalized spacial score (nSPS) is 12.6. The molecule has 0 fully saturated rings. The van der Waals surface area contributed by atoms with Crippen LogP contribution in [0.2, 0.25) is 0 Å². The molecule has 5 nitrogen and oxygen atoms in total. The minimum atomic E-state index is -0.539. The number of carbonyl (C=O) groups excluding carboxylic acids is 2. The molecule has 2 amide bonds. The minimum absolute atomic E-state index is 0.0109. The highest BCUT2D eigenvalue weighted by molar-refractivity contribution is 7.98. The monoisotopic (exact) mass is 442 g/mol. The number of rotatable bonds is 12. The van der Waals surface area contributed by atoms with E-state index in [-0.39, 0.29) is 17.9 Å². The second-order valence-corrected chi connectivity index (χ2v) is 8.76. The van der Waals surface area contributed by atoms with E-state index in [4.69, 9.17) is 4.74 Å². The molecule has 0 saturated heterocycles. The molecule has 31 heavy (non-hydrogen) atoms. The van der Waals surface area contributed by atoms with Gasteiger partial charge in [0.05, 0.1) is 7.11 Å². The van der Waals surface area contributed by atoms with Crippen molar-refractivity contribution >= 4 is 23.6 Å². The Morgan fingerprint density at radius 3 is 2.32 bits per heavy atom. The molecule has 0 spiro atoms. The Kier molecular flexibility index (Phi) is 10.4. The molecule has 0 bridgehead atoms. The van der Waals surface area contributed by atoms with E-state index >= 15 is 0 Å². The molecule has 2 atom stereocenters. The lowest BCUT2D eigenvalue weighted by Crippen LogP contribution is -2.49. The molecular weight excluding hydrogens is 408 g/mol. The summed E-state index contributed by atoms with van der Waals surface area (Å²) in [5, 5.41) is 3.00. The second-order valence-electron chi connectivity index (χ2n) is 7.65. The van der Waals surface area contributed by atoms with Crippen LogP contribution >= 0.6 is 11.8 Å². The second kappa shape index (κ2) is 13.1. The van der Waals surface area contributed by atoms with Crippen LogP contribution in [0.4, 0.5) is 0 Å². The van der Waals surface area contributed by atoms with Crippen molar-refractivity contribution in [3.8, 4) is 5.75 Å². The minimum Gasteiger partial charge on any atom is -0.497 e. The summed E-state index contributed by atoms with van der Waals surface area (Å²) in [5.74, 6) is 2.22. The Morgan fingerprint density at radius 1 is 1.03 bits per heavy atom. The quantitative estimate of drug-likeness (QED) is 0.486. The molecule has 0 aliphatic heterocycles. The lowest BCUT2D eigenvalue weighted by Gasteiger charge is -2.29. The molecule has 0 aliphatic rings. The third-order valence-electron chi connectivity index (χ3n) is 5.25. The first-order chi connectivity index (χ1) is 14.9. The van der Waals surface area contributed by atoms with Gasteiger partial charge in [0.1, 0.15) is 11.8 Å². The maximum absolute atomic E-state index is 13.1. The number of hydrogen-bond donors (Lipinski definition) is 1. The van der Waals surface area contributed by atoms with E-state index < -0.39 is 6.04 Å². The van der Waals surface area contributed by atoms with E-state index in [1.807, 2.05) is 56.3 Å². The van der Waals surface area contributed by atoms with Crippen LogP contribution in [-0.4, -0.2) is 41.7 Å². The number of carbonyl (C=O) groups is 2. The van der Waals surface area contributed by atoms with Crippen molar-refractivity contribution < 1.29 is 14.3 Å². The fourth-order valence-corrected chi connectivity index (χ4v) is 3.93. The predicted molar refractivity (Wildman–Crippen MR) is 128 cm³/mol. The van der Waals surface area contributed by atoms with Crippen LogP contribution in [0.1, 0.15) is 44.7 Å². The van der Waals surface area contributed by atoms with Gasteiger partial charge in [0.25, 0.3) is 0 Å². The van der Waals surface area contributed by atoms with Crippen molar-refractivity contribution in [3.05, 3.63) is 65.7 Å². The highest BCUT2D eigenvalue weighted by Crippen LogP contribution is 2.18. The van der Waals surface area contributed by atoms with Crippen LogP contribution in [0.5, 0.6) is 5.75 Å². The largest absolute Gasteiger partial charge is 0.497 e. The molecule has 2 rings (SSSR count). The van der Waals surface area contributed by atoms with Gasteiger partial charge in [-0.2, -0.15) is 11.8 Å². The molecule has 0 heterocycles. The van der Waals surface area contributed by atoms with Gasteiger partial charge in [-0.25, -0.2) is 0 Å².